The van der Waals surface area contributed by atoms with Gasteiger partial charge in [0, 0.05) is 31.6 Å². The van der Waals surface area contributed by atoms with E-state index in [9.17, 15) is 14.4 Å². The van der Waals surface area contributed by atoms with Crippen LogP contribution in [0.2, 0.25) is 0 Å². The van der Waals surface area contributed by atoms with Crippen LogP contribution < -0.4 is 26.0 Å². The summed E-state index contributed by atoms with van der Waals surface area (Å²) in [5, 5.41) is 19.3. The van der Waals surface area contributed by atoms with Crippen molar-refractivity contribution in [3.63, 3.8) is 0 Å². The first-order valence-corrected chi connectivity index (χ1v) is 10.7. The molecule has 0 fully saturated rings. The van der Waals surface area contributed by atoms with E-state index in [-0.39, 0.29) is 17.3 Å². The number of unbranched alkanes of at least 4 members (excludes halogenated alkanes) is 2. The van der Waals surface area contributed by atoms with E-state index in [0.29, 0.717) is 36.8 Å². The number of amides is 4. The molecule has 0 saturated carbocycles. The first-order valence-electron chi connectivity index (χ1n) is 10.7. The number of methoxy groups -OCH3 is 1. The number of rotatable bonds is 12. The number of carbonyl (C=O) groups is 3. The van der Waals surface area contributed by atoms with Gasteiger partial charge < -0.3 is 30.5 Å². The molecule has 0 heterocycles. The zero-order valence-electron chi connectivity index (χ0n) is 18.8. The summed E-state index contributed by atoms with van der Waals surface area (Å²) >= 11 is 0. The standard InChI is InChI=1S/C23H30N4O6/c1-3-4-5-12-25-22(29)26-17-8-11-20(19(15-17)21(28)24-13-14-32-2)33-18-9-6-16(7-10-18)27-23(30)31/h6-11,15,27H,3-5,12-14H2,1-2H3,(H,24,28)(H,30,31)(H2,25,26,29). The lowest BCUT2D eigenvalue weighted by Crippen LogP contribution is -2.30. The Bertz CT molecular complexity index is 933. The van der Waals surface area contributed by atoms with Crippen molar-refractivity contribution < 1.29 is 29.0 Å². The second-order valence-corrected chi connectivity index (χ2v) is 7.10. The normalized spacial score (nSPS) is 10.2. The summed E-state index contributed by atoms with van der Waals surface area (Å²) in [4.78, 5) is 35.6. The van der Waals surface area contributed by atoms with Crippen molar-refractivity contribution in [1.29, 1.82) is 0 Å². The third-order valence-corrected chi connectivity index (χ3v) is 4.47. The minimum Gasteiger partial charge on any atom is -0.465 e. The Morgan fingerprint density at radius 2 is 1.64 bits per heavy atom. The summed E-state index contributed by atoms with van der Waals surface area (Å²) in [5.41, 5.74) is 1.05. The maximum atomic E-state index is 12.7. The van der Waals surface area contributed by atoms with Gasteiger partial charge in [-0.25, -0.2) is 9.59 Å². The van der Waals surface area contributed by atoms with Gasteiger partial charge in [-0.15, -0.1) is 0 Å². The van der Waals surface area contributed by atoms with Gasteiger partial charge in [0.15, 0.2) is 0 Å². The van der Waals surface area contributed by atoms with E-state index in [1.807, 2.05) is 0 Å². The molecule has 2 aromatic rings. The van der Waals surface area contributed by atoms with Crippen LogP contribution in [0.3, 0.4) is 0 Å². The lowest BCUT2D eigenvalue weighted by molar-refractivity contribution is 0.0934. The highest BCUT2D eigenvalue weighted by atomic mass is 16.5. The molecule has 0 unspecified atom stereocenters. The number of hydrogen-bond acceptors (Lipinski definition) is 5. The third kappa shape index (κ3) is 9.08. The number of nitrogens with one attached hydrogen (secondary N) is 4. The fourth-order valence-electron chi connectivity index (χ4n) is 2.84. The van der Waals surface area contributed by atoms with E-state index in [0.717, 1.165) is 19.3 Å². The van der Waals surface area contributed by atoms with Crippen LogP contribution in [0.4, 0.5) is 21.0 Å². The van der Waals surface area contributed by atoms with Crippen molar-refractivity contribution in [1.82, 2.24) is 10.6 Å². The Labute approximate surface area is 192 Å². The average molecular weight is 459 g/mol. The number of carbonyl (C=O) groups excluding carboxylic acids is 2. The molecule has 10 heteroatoms. The molecule has 0 aromatic heterocycles. The fourth-order valence-corrected chi connectivity index (χ4v) is 2.84. The maximum Gasteiger partial charge on any atom is 0.409 e. The van der Waals surface area contributed by atoms with E-state index < -0.39 is 12.0 Å². The Kier molecular flexibility index (Phi) is 10.5. The van der Waals surface area contributed by atoms with Gasteiger partial charge in [0.25, 0.3) is 5.91 Å². The van der Waals surface area contributed by atoms with E-state index >= 15 is 0 Å². The van der Waals surface area contributed by atoms with Gasteiger partial charge in [-0.2, -0.15) is 0 Å². The Morgan fingerprint density at radius 1 is 0.909 bits per heavy atom. The molecule has 4 amide bonds. The van der Waals surface area contributed by atoms with Crippen LogP contribution >= 0.6 is 0 Å². The molecule has 0 aliphatic rings. The van der Waals surface area contributed by atoms with Crippen molar-refractivity contribution in [2.24, 2.45) is 0 Å². The predicted molar refractivity (Wildman–Crippen MR) is 125 cm³/mol. The average Bonchev–Trinajstić information content (AvgIpc) is 2.79. The SMILES string of the molecule is CCCCCNC(=O)Nc1ccc(Oc2ccc(NC(=O)O)cc2)c(C(=O)NCCOC)c1. The molecule has 5 N–H and O–H groups in total. The maximum absolute atomic E-state index is 12.7. The first-order chi connectivity index (χ1) is 15.9. The number of carboxylic acid groups (broad SMARTS) is 1. The summed E-state index contributed by atoms with van der Waals surface area (Å²) in [6.45, 7) is 3.31. The lowest BCUT2D eigenvalue weighted by Gasteiger charge is -2.14. The number of urea groups is 1. The second-order valence-electron chi connectivity index (χ2n) is 7.10. The summed E-state index contributed by atoms with van der Waals surface area (Å²) < 4.78 is 10.8. The zero-order chi connectivity index (χ0) is 24.1. The summed E-state index contributed by atoms with van der Waals surface area (Å²) in [6, 6.07) is 10.6. The predicted octanol–water partition coefficient (Wildman–Crippen LogP) is 4.26. The van der Waals surface area contributed by atoms with Crippen LogP contribution in [0.15, 0.2) is 42.5 Å². The van der Waals surface area contributed by atoms with Gasteiger partial charge in [-0.05, 0) is 48.9 Å². The van der Waals surface area contributed by atoms with Crippen molar-refractivity contribution >= 4 is 29.4 Å². The Balaban J connectivity index is 2.15. The molecule has 33 heavy (non-hydrogen) atoms. The molecule has 0 aliphatic carbocycles. The fraction of sp³-hybridized carbons (Fsp3) is 0.348. The molecule has 0 bridgehead atoms. The van der Waals surface area contributed by atoms with Crippen molar-refractivity contribution in [3.05, 3.63) is 48.0 Å². The Morgan fingerprint density at radius 3 is 2.30 bits per heavy atom. The monoisotopic (exact) mass is 458 g/mol. The van der Waals surface area contributed by atoms with E-state index in [4.69, 9.17) is 14.6 Å². The highest BCUT2D eigenvalue weighted by Crippen LogP contribution is 2.29. The molecule has 178 valence electrons. The molecule has 0 radical (unpaired) electrons. The highest BCUT2D eigenvalue weighted by molar-refractivity contribution is 5.99. The molecule has 0 spiro atoms. The van der Waals surface area contributed by atoms with Crippen LogP contribution in [0, 0.1) is 0 Å². The van der Waals surface area contributed by atoms with Crippen molar-refractivity contribution in [2.45, 2.75) is 26.2 Å². The minimum atomic E-state index is -1.17. The smallest absolute Gasteiger partial charge is 0.409 e. The molecule has 10 nitrogen and oxygen atoms in total. The summed E-state index contributed by atoms with van der Waals surface area (Å²) in [5.74, 6) is 0.294. The van der Waals surface area contributed by atoms with E-state index in [2.05, 4.69) is 28.2 Å². The van der Waals surface area contributed by atoms with Crippen molar-refractivity contribution in [3.8, 4) is 11.5 Å². The third-order valence-electron chi connectivity index (χ3n) is 4.47. The molecular formula is C23H30N4O6. The zero-order valence-corrected chi connectivity index (χ0v) is 18.8. The van der Waals surface area contributed by atoms with Crippen LogP contribution in [-0.4, -0.2) is 49.9 Å². The first kappa shape index (κ1) is 25.5. The van der Waals surface area contributed by atoms with E-state index in [1.54, 1.807) is 36.4 Å². The van der Waals surface area contributed by atoms with Crippen LogP contribution in [0.25, 0.3) is 0 Å². The number of ether oxygens (including phenoxy) is 2. The van der Waals surface area contributed by atoms with Gasteiger partial charge in [0.2, 0.25) is 0 Å². The molecule has 2 aromatic carbocycles. The van der Waals surface area contributed by atoms with Crippen molar-refractivity contribution in [2.75, 3.05) is 37.4 Å². The molecule has 2 rings (SSSR count). The molecular weight excluding hydrogens is 428 g/mol. The van der Waals surface area contributed by atoms with Gasteiger partial charge in [0.1, 0.15) is 11.5 Å². The topological polar surface area (TPSA) is 138 Å². The number of benzene rings is 2. The van der Waals surface area contributed by atoms with Gasteiger partial charge >= 0.3 is 12.1 Å². The van der Waals surface area contributed by atoms with E-state index in [1.165, 1.54) is 13.2 Å². The minimum absolute atomic E-state index is 0.225. The van der Waals surface area contributed by atoms with Gasteiger partial charge in [-0.3, -0.25) is 10.1 Å². The van der Waals surface area contributed by atoms with Gasteiger partial charge in [0.05, 0.1) is 12.2 Å². The van der Waals surface area contributed by atoms with Crippen LogP contribution in [0.1, 0.15) is 36.5 Å². The Hall–Kier alpha value is -3.79. The van der Waals surface area contributed by atoms with Crippen LogP contribution in [0.5, 0.6) is 11.5 Å². The molecule has 0 saturated heterocycles. The van der Waals surface area contributed by atoms with Crippen LogP contribution in [-0.2, 0) is 4.74 Å². The number of hydrogen-bond donors (Lipinski definition) is 5. The summed E-state index contributed by atoms with van der Waals surface area (Å²) in [6.07, 6.45) is 1.82. The summed E-state index contributed by atoms with van der Waals surface area (Å²) in [7, 11) is 1.53. The molecule has 0 atom stereocenters. The highest BCUT2D eigenvalue weighted by Gasteiger charge is 2.15. The second kappa shape index (κ2) is 13.6. The lowest BCUT2D eigenvalue weighted by atomic mass is 10.1. The number of anilines is 2. The van der Waals surface area contributed by atoms with Gasteiger partial charge in [-0.1, -0.05) is 19.8 Å². The molecule has 0 aliphatic heterocycles. The largest absolute Gasteiger partial charge is 0.465 e. The quantitative estimate of drug-likeness (QED) is 0.301.